The summed E-state index contributed by atoms with van der Waals surface area (Å²) in [6, 6.07) is 8.25. The summed E-state index contributed by atoms with van der Waals surface area (Å²) < 4.78 is 4.76. The Labute approximate surface area is 118 Å². The molecule has 0 N–H and O–H groups in total. The van der Waals surface area contributed by atoms with Crippen LogP contribution >= 0.6 is 0 Å². The second-order valence-electron chi connectivity index (χ2n) is 5.67. The van der Waals surface area contributed by atoms with Crippen LogP contribution < -0.4 is 0 Å². The molecule has 1 aliphatic heterocycles. The predicted molar refractivity (Wildman–Crippen MR) is 74.0 cm³/mol. The molecular formula is C16H19NO3. The van der Waals surface area contributed by atoms with E-state index in [4.69, 9.17) is 4.74 Å². The smallest absolute Gasteiger partial charge is 0.310 e. The van der Waals surface area contributed by atoms with E-state index >= 15 is 0 Å². The normalized spacial score (nSPS) is 21.9. The third kappa shape index (κ3) is 2.30. The first-order chi connectivity index (χ1) is 9.69. The number of esters is 1. The molecular weight excluding hydrogens is 254 g/mol. The van der Waals surface area contributed by atoms with Crippen LogP contribution in [-0.2, 0) is 27.2 Å². The first-order valence-electron chi connectivity index (χ1n) is 7.12. The first-order valence-corrected chi connectivity index (χ1v) is 7.12. The molecule has 4 heteroatoms. The zero-order valence-electron chi connectivity index (χ0n) is 11.7. The Morgan fingerprint density at radius 3 is 2.40 bits per heavy atom. The number of methoxy groups -OCH3 is 1. The average molecular weight is 273 g/mol. The van der Waals surface area contributed by atoms with Gasteiger partial charge in [-0.2, -0.15) is 0 Å². The van der Waals surface area contributed by atoms with Crippen molar-refractivity contribution in [1.82, 2.24) is 4.90 Å². The minimum absolute atomic E-state index is 0.0452. The van der Waals surface area contributed by atoms with Crippen LogP contribution in [0.3, 0.4) is 0 Å². The molecule has 0 saturated carbocycles. The van der Waals surface area contributed by atoms with Crippen molar-refractivity contribution in [2.75, 3.05) is 20.2 Å². The summed E-state index contributed by atoms with van der Waals surface area (Å²) in [7, 11) is 1.40. The molecule has 3 rings (SSSR count). The summed E-state index contributed by atoms with van der Waals surface area (Å²) in [5, 5.41) is 0. The van der Waals surface area contributed by atoms with Gasteiger partial charge in [0, 0.05) is 19.0 Å². The van der Waals surface area contributed by atoms with Crippen molar-refractivity contribution in [3.63, 3.8) is 0 Å². The molecule has 20 heavy (non-hydrogen) atoms. The van der Waals surface area contributed by atoms with Gasteiger partial charge in [-0.05, 0) is 30.4 Å². The highest BCUT2D eigenvalue weighted by Crippen LogP contribution is 2.29. The maximum absolute atomic E-state index is 12.5. The van der Waals surface area contributed by atoms with Gasteiger partial charge in [-0.1, -0.05) is 24.3 Å². The molecule has 0 spiro atoms. The lowest BCUT2D eigenvalue weighted by Crippen LogP contribution is -2.35. The highest BCUT2D eigenvalue weighted by Gasteiger charge is 2.36. The Morgan fingerprint density at radius 1 is 1.15 bits per heavy atom. The summed E-state index contributed by atoms with van der Waals surface area (Å²) >= 11 is 0. The summed E-state index contributed by atoms with van der Waals surface area (Å²) in [6.45, 7) is 1.18. The topological polar surface area (TPSA) is 46.6 Å². The SMILES string of the molecule is COC(=O)C1CCN(C(=O)C2Cc3ccccc3C2)C1. The predicted octanol–water partition coefficient (Wildman–Crippen LogP) is 1.42. The van der Waals surface area contributed by atoms with E-state index in [2.05, 4.69) is 12.1 Å². The maximum atomic E-state index is 12.5. The number of ether oxygens (including phenoxy) is 1. The van der Waals surface area contributed by atoms with Gasteiger partial charge in [0.25, 0.3) is 0 Å². The maximum Gasteiger partial charge on any atom is 0.310 e. The lowest BCUT2D eigenvalue weighted by molar-refractivity contribution is -0.145. The second kappa shape index (κ2) is 5.27. The number of nitrogens with zero attached hydrogens (tertiary/aromatic N) is 1. The van der Waals surface area contributed by atoms with Crippen molar-refractivity contribution < 1.29 is 14.3 Å². The number of carbonyl (C=O) groups excluding carboxylic acids is 2. The molecule has 1 fully saturated rings. The van der Waals surface area contributed by atoms with E-state index in [9.17, 15) is 9.59 Å². The number of hydrogen-bond acceptors (Lipinski definition) is 3. The number of fused-ring (bicyclic) bond motifs is 1. The van der Waals surface area contributed by atoms with Crippen molar-refractivity contribution in [3.05, 3.63) is 35.4 Å². The fourth-order valence-electron chi connectivity index (χ4n) is 3.31. The molecule has 1 amide bonds. The Balaban J connectivity index is 1.63. The molecule has 1 atom stereocenters. The van der Waals surface area contributed by atoms with E-state index in [1.54, 1.807) is 0 Å². The lowest BCUT2D eigenvalue weighted by Gasteiger charge is -2.20. The van der Waals surface area contributed by atoms with Crippen molar-refractivity contribution in [2.24, 2.45) is 11.8 Å². The van der Waals surface area contributed by atoms with Crippen LogP contribution in [-0.4, -0.2) is 37.0 Å². The largest absolute Gasteiger partial charge is 0.469 e. The first kappa shape index (κ1) is 13.2. The minimum atomic E-state index is -0.199. The van der Waals surface area contributed by atoms with Crippen LogP contribution in [0.4, 0.5) is 0 Å². The third-order valence-electron chi connectivity index (χ3n) is 4.43. The van der Waals surface area contributed by atoms with Gasteiger partial charge < -0.3 is 9.64 Å². The summed E-state index contributed by atoms with van der Waals surface area (Å²) in [5.41, 5.74) is 2.57. The van der Waals surface area contributed by atoms with Crippen LogP contribution in [0.1, 0.15) is 17.5 Å². The van der Waals surface area contributed by atoms with E-state index in [1.807, 2.05) is 17.0 Å². The van der Waals surface area contributed by atoms with Crippen LogP contribution in [0.25, 0.3) is 0 Å². The standard InChI is InChI=1S/C16H19NO3/c1-20-16(19)13-6-7-17(10-13)15(18)14-8-11-4-2-3-5-12(11)9-14/h2-5,13-14H,6-10H2,1H3. The second-order valence-corrected chi connectivity index (χ2v) is 5.67. The van der Waals surface area contributed by atoms with Gasteiger partial charge in [0.2, 0.25) is 5.91 Å². The molecule has 1 aromatic rings. The Bertz CT molecular complexity index is 515. The van der Waals surface area contributed by atoms with Crippen LogP contribution in [0.2, 0.25) is 0 Å². The molecule has 0 bridgehead atoms. The molecule has 106 valence electrons. The van der Waals surface area contributed by atoms with Crippen molar-refractivity contribution in [1.29, 1.82) is 0 Å². The van der Waals surface area contributed by atoms with E-state index in [-0.39, 0.29) is 23.7 Å². The lowest BCUT2D eigenvalue weighted by atomic mass is 10.0. The quantitative estimate of drug-likeness (QED) is 0.766. The third-order valence-corrected chi connectivity index (χ3v) is 4.43. The zero-order chi connectivity index (χ0) is 14.1. The van der Waals surface area contributed by atoms with Crippen LogP contribution in [0.5, 0.6) is 0 Å². The fraction of sp³-hybridized carbons (Fsp3) is 0.500. The average Bonchev–Trinajstić information content (AvgIpc) is 3.12. The van der Waals surface area contributed by atoms with E-state index in [1.165, 1.54) is 18.2 Å². The Kier molecular flexibility index (Phi) is 3.47. The van der Waals surface area contributed by atoms with Crippen molar-refractivity contribution >= 4 is 11.9 Å². The Morgan fingerprint density at radius 2 is 1.80 bits per heavy atom. The summed E-state index contributed by atoms with van der Waals surface area (Å²) in [4.78, 5) is 25.9. The number of rotatable bonds is 2. The van der Waals surface area contributed by atoms with E-state index in [0.717, 1.165) is 19.3 Å². The van der Waals surface area contributed by atoms with Gasteiger partial charge in [-0.25, -0.2) is 0 Å². The number of amides is 1. The van der Waals surface area contributed by atoms with Gasteiger partial charge in [-0.15, -0.1) is 0 Å². The molecule has 0 radical (unpaired) electrons. The fourth-order valence-corrected chi connectivity index (χ4v) is 3.31. The van der Waals surface area contributed by atoms with Crippen molar-refractivity contribution in [3.8, 4) is 0 Å². The zero-order valence-corrected chi connectivity index (χ0v) is 11.7. The molecule has 1 aromatic carbocycles. The van der Waals surface area contributed by atoms with Crippen LogP contribution in [0, 0.1) is 11.8 Å². The van der Waals surface area contributed by atoms with Gasteiger partial charge in [-0.3, -0.25) is 9.59 Å². The van der Waals surface area contributed by atoms with Gasteiger partial charge >= 0.3 is 5.97 Å². The summed E-state index contributed by atoms with van der Waals surface area (Å²) in [5.74, 6) is -0.112. The molecule has 1 unspecified atom stereocenters. The molecule has 1 saturated heterocycles. The van der Waals surface area contributed by atoms with Gasteiger partial charge in [0.05, 0.1) is 13.0 Å². The molecule has 1 heterocycles. The molecule has 0 aromatic heterocycles. The number of hydrogen-bond donors (Lipinski definition) is 0. The molecule has 2 aliphatic rings. The number of benzene rings is 1. The highest BCUT2D eigenvalue weighted by molar-refractivity contribution is 5.82. The highest BCUT2D eigenvalue weighted by atomic mass is 16.5. The van der Waals surface area contributed by atoms with E-state index < -0.39 is 0 Å². The summed E-state index contributed by atoms with van der Waals surface area (Å²) in [6.07, 6.45) is 2.38. The minimum Gasteiger partial charge on any atom is -0.469 e. The van der Waals surface area contributed by atoms with Gasteiger partial charge in [0.15, 0.2) is 0 Å². The number of carbonyl (C=O) groups is 2. The Hall–Kier alpha value is -1.84. The molecule has 4 nitrogen and oxygen atoms in total. The van der Waals surface area contributed by atoms with E-state index in [0.29, 0.717) is 13.1 Å². The monoisotopic (exact) mass is 273 g/mol. The number of likely N-dealkylation sites (tertiary alicyclic amines) is 1. The van der Waals surface area contributed by atoms with Gasteiger partial charge in [0.1, 0.15) is 0 Å². The van der Waals surface area contributed by atoms with Crippen molar-refractivity contribution in [2.45, 2.75) is 19.3 Å². The van der Waals surface area contributed by atoms with Crippen LogP contribution in [0.15, 0.2) is 24.3 Å². The molecule has 1 aliphatic carbocycles.